The van der Waals surface area contributed by atoms with Gasteiger partial charge >= 0.3 is 0 Å². The Morgan fingerprint density at radius 3 is 2.22 bits per heavy atom. The van der Waals surface area contributed by atoms with E-state index < -0.39 is 17.1 Å². The molecule has 0 radical (unpaired) electrons. The highest BCUT2D eigenvalue weighted by atomic mass is 32.2. The second-order valence-corrected chi connectivity index (χ2v) is 12.2. The van der Waals surface area contributed by atoms with Gasteiger partial charge in [-0.2, -0.15) is 0 Å². The number of methoxy groups -OCH3 is 1. The Morgan fingerprint density at radius 1 is 0.820 bits per heavy atom. The Balaban J connectivity index is 1.21. The number of para-hydroxylation sites is 1. The molecule has 6 rings (SSSR count). The fourth-order valence-corrected chi connectivity index (χ4v) is 6.00. The zero-order chi connectivity index (χ0) is 34.9. The lowest BCUT2D eigenvalue weighted by Gasteiger charge is -2.16. The molecule has 250 valence electrons. The zero-order valence-corrected chi connectivity index (χ0v) is 27.9. The number of carbonyl (C=O) groups is 3. The number of nitrogens with one attached hydrogen (secondary N) is 3. The predicted octanol–water partition coefficient (Wildman–Crippen LogP) is 8.13. The molecule has 2 heterocycles. The summed E-state index contributed by atoms with van der Waals surface area (Å²) in [7, 11) is 1.58. The molecule has 0 aliphatic carbocycles. The Kier molecular flexibility index (Phi) is 10.5. The summed E-state index contributed by atoms with van der Waals surface area (Å²) in [5, 5.41) is 11.7. The van der Waals surface area contributed by atoms with E-state index in [1.807, 2.05) is 66.7 Å². The van der Waals surface area contributed by atoms with Gasteiger partial charge in [0.1, 0.15) is 34.0 Å². The molecule has 0 saturated carbocycles. The van der Waals surface area contributed by atoms with Crippen LogP contribution in [0.15, 0.2) is 147 Å². The Bertz CT molecular complexity index is 2120. The van der Waals surface area contributed by atoms with Gasteiger partial charge in [-0.15, -0.1) is 11.8 Å². The lowest BCUT2D eigenvalue weighted by molar-refractivity contribution is -0.116. The summed E-state index contributed by atoms with van der Waals surface area (Å²) < 4.78 is 16.6. The number of rotatable bonds is 12. The third-order valence-electron chi connectivity index (χ3n) is 7.40. The maximum Gasteiger partial charge on any atom is 0.272 e. The fraction of sp³-hybridized carbons (Fsp3) is 0.0769. The summed E-state index contributed by atoms with van der Waals surface area (Å²) in [6.07, 6.45) is 1.47. The van der Waals surface area contributed by atoms with E-state index in [0.717, 1.165) is 16.0 Å². The highest BCUT2D eigenvalue weighted by Crippen LogP contribution is 2.37. The molecule has 0 spiro atoms. The molecule has 10 nitrogen and oxygen atoms in total. The number of anilines is 2. The highest BCUT2D eigenvalue weighted by molar-refractivity contribution is 8.00. The van der Waals surface area contributed by atoms with Crippen molar-refractivity contribution < 1.29 is 28.1 Å². The monoisotopic (exact) mass is 684 g/mol. The average molecular weight is 685 g/mol. The lowest BCUT2D eigenvalue weighted by Crippen LogP contribution is -2.30. The van der Waals surface area contributed by atoms with Crippen molar-refractivity contribution >= 4 is 47.1 Å². The van der Waals surface area contributed by atoms with Gasteiger partial charge in [0.25, 0.3) is 11.8 Å². The van der Waals surface area contributed by atoms with Crippen molar-refractivity contribution in [1.82, 2.24) is 10.5 Å². The summed E-state index contributed by atoms with van der Waals surface area (Å²) in [6.45, 7) is 1.75. The van der Waals surface area contributed by atoms with E-state index >= 15 is 0 Å². The van der Waals surface area contributed by atoms with Crippen LogP contribution in [0, 0.1) is 6.92 Å². The maximum absolute atomic E-state index is 13.6. The average Bonchev–Trinajstić information content (AvgIpc) is 3.79. The summed E-state index contributed by atoms with van der Waals surface area (Å²) in [5.41, 5.74) is 2.39. The molecular weight excluding hydrogens is 653 g/mol. The molecule has 0 saturated heterocycles. The molecular formula is C39H32N4O6S. The number of ether oxygens (including phenoxy) is 1. The minimum atomic E-state index is -0.592. The first-order valence-corrected chi connectivity index (χ1v) is 16.4. The predicted molar refractivity (Wildman–Crippen MR) is 193 cm³/mol. The van der Waals surface area contributed by atoms with Crippen LogP contribution >= 0.6 is 11.8 Å². The van der Waals surface area contributed by atoms with Gasteiger partial charge in [-0.05, 0) is 73.2 Å². The van der Waals surface area contributed by atoms with Crippen LogP contribution < -0.4 is 20.7 Å². The van der Waals surface area contributed by atoms with Crippen molar-refractivity contribution in [3.05, 3.63) is 156 Å². The molecule has 1 unspecified atom stereocenters. The van der Waals surface area contributed by atoms with Gasteiger partial charge in [-0.3, -0.25) is 14.4 Å². The van der Waals surface area contributed by atoms with Crippen molar-refractivity contribution in [3.8, 4) is 17.1 Å². The van der Waals surface area contributed by atoms with E-state index in [9.17, 15) is 14.4 Å². The third kappa shape index (κ3) is 8.38. The summed E-state index contributed by atoms with van der Waals surface area (Å²) in [6, 6.07) is 37.6. The molecule has 50 heavy (non-hydrogen) atoms. The molecule has 1 atom stereocenters. The number of nitrogens with zero attached hydrogens (tertiary/aromatic N) is 1. The molecule has 4 aromatic carbocycles. The first-order valence-electron chi connectivity index (χ1n) is 15.5. The normalized spacial score (nSPS) is 11.8. The number of hydrogen-bond donors (Lipinski definition) is 3. The van der Waals surface area contributed by atoms with Crippen LogP contribution in [-0.4, -0.2) is 30.0 Å². The van der Waals surface area contributed by atoms with Gasteiger partial charge in [0, 0.05) is 28.3 Å². The fourth-order valence-electron chi connectivity index (χ4n) is 4.98. The minimum Gasteiger partial charge on any atom is -0.496 e. The number of aryl methyl sites for hydroxylation is 1. The molecule has 6 aromatic rings. The number of benzene rings is 4. The number of thioether (sulfide) groups is 1. The molecule has 0 bridgehead atoms. The summed E-state index contributed by atoms with van der Waals surface area (Å²) in [5.74, 6) is 1.16. The first-order chi connectivity index (χ1) is 24.4. The van der Waals surface area contributed by atoms with E-state index in [0.29, 0.717) is 40.1 Å². The van der Waals surface area contributed by atoms with Gasteiger partial charge in [-0.1, -0.05) is 65.8 Å². The highest BCUT2D eigenvalue weighted by Gasteiger charge is 2.23. The van der Waals surface area contributed by atoms with Crippen LogP contribution in [-0.2, 0) is 9.59 Å². The minimum absolute atomic E-state index is 0.0258. The van der Waals surface area contributed by atoms with Gasteiger partial charge in [0.05, 0.1) is 12.7 Å². The Hall–Kier alpha value is -6.33. The molecule has 3 amide bonds. The second-order valence-electron chi connectivity index (χ2n) is 11.0. The third-order valence-corrected chi connectivity index (χ3v) is 8.67. The molecule has 0 aliphatic heterocycles. The SMILES string of the molecule is COc1ccccc1-c1ccc(/C=C(/NC(=O)c2ccccc2)C(=O)Nc2ccc(SC(C(=O)Nc3cc(C)on3)c3ccccc3)cc2)o1. The largest absolute Gasteiger partial charge is 0.496 e. The Morgan fingerprint density at radius 2 is 1.52 bits per heavy atom. The van der Waals surface area contributed by atoms with Gasteiger partial charge in [0.15, 0.2) is 5.82 Å². The van der Waals surface area contributed by atoms with Crippen molar-refractivity contribution in [1.29, 1.82) is 0 Å². The van der Waals surface area contributed by atoms with Crippen LogP contribution in [0.25, 0.3) is 17.4 Å². The first kappa shape index (κ1) is 33.6. The molecule has 0 aliphatic rings. The van der Waals surface area contributed by atoms with E-state index in [4.69, 9.17) is 13.7 Å². The standard InChI is InChI=1S/C39H32N4O6S/c1-25-23-35(43-49-25)42-39(46)36(26-11-5-3-6-12-26)50-30-20-17-28(18-21-30)40-38(45)32(41-37(44)27-13-7-4-8-14-27)24-29-19-22-34(48-29)31-15-9-10-16-33(31)47-2/h3-24,36H,1-2H3,(H,40,45)(H,41,44)(H,42,43,46)/b32-24+. The Labute approximate surface area is 292 Å². The summed E-state index contributed by atoms with van der Waals surface area (Å²) in [4.78, 5) is 40.9. The second kappa shape index (κ2) is 15.7. The van der Waals surface area contributed by atoms with Crippen LogP contribution in [0.5, 0.6) is 5.75 Å². The van der Waals surface area contributed by atoms with Crippen LogP contribution in [0.3, 0.4) is 0 Å². The summed E-state index contributed by atoms with van der Waals surface area (Å²) >= 11 is 1.35. The molecule has 11 heteroatoms. The van der Waals surface area contributed by atoms with E-state index in [1.165, 1.54) is 17.8 Å². The van der Waals surface area contributed by atoms with Crippen molar-refractivity contribution in [3.63, 3.8) is 0 Å². The van der Waals surface area contributed by atoms with Crippen LogP contribution in [0.2, 0.25) is 0 Å². The van der Waals surface area contributed by atoms with E-state index in [1.54, 1.807) is 74.7 Å². The van der Waals surface area contributed by atoms with Gasteiger partial charge < -0.3 is 29.6 Å². The van der Waals surface area contributed by atoms with Crippen molar-refractivity contribution in [2.24, 2.45) is 0 Å². The van der Waals surface area contributed by atoms with Crippen molar-refractivity contribution in [2.45, 2.75) is 17.1 Å². The van der Waals surface area contributed by atoms with E-state index in [-0.39, 0.29) is 11.6 Å². The zero-order valence-electron chi connectivity index (χ0n) is 27.1. The number of amides is 3. The quantitative estimate of drug-likeness (QED) is 0.0869. The number of hydrogen-bond acceptors (Lipinski definition) is 8. The molecule has 3 N–H and O–H groups in total. The lowest BCUT2D eigenvalue weighted by atomic mass is 10.1. The molecule has 2 aromatic heterocycles. The van der Waals surface area contributed by atoms with E-state index in [2.05, 4.69) is 21.1 Å². The number of furan rings is 1. The number of aromatic nitrogens is 1. The number of carbonyl (C=O) groups excluding carboxylic acids is 3. The van der Waals surface area contributed by atoms with Crippen molar-refractivity contribution in [2.75, 3.05) is 17.7 Å². The van der Waals surface area contributed by atoms with Crippen LogP contribution in [0.1, 0.15) is 32.7 Å². The molecule has 0 fully saturated rings. The topological polar surface area (TPSA) is 136 Å². The van der Waals surface area contributed by atoms with Gasteiger partial charge in [0.2, 0.25) is 5.91 Å². The van der Waals surface area contributed by atoms with Crippen LogP contribution in [0.4, 0.5) is 11.5 Å². The van der Waals surface area contributed by atoms with Gasteiger partial charge in [-0.25, -0.2) is 0 Å². The maximum atomic E-state index is 13.6. The smallest absolute Gasteiger partial charge is 0.272 e.